The second-order valence-electron chi connectivity index (χ2n) is 7.94. The van der Waals surface area contributed by atoms with Gasteiger partial charge in [-0.1, -0.05) is 12.1 Å². The fraction of sp³-hybridized carbons (Fsp3) is 0.240. The van der Waals surface area contributed by atoms with E-state index in [9.17, 15) is 14.0 Å². The highest BCUT2D eigenvalue weighted by molar-refractivity contribution is 7.99. The van der Waals surface area contributed by atoms with Gasteiger partial charge in [0.1, 0.15) is 15.8 Å². The van der Waals surface area contributed by atoms with E-state index in [0.717, 1.165) is 41.1 Å². The molecule has 180 valence electrons. The zero-order valence-corrected chi connectivity index (χ0v) is 21.3. The summed E-state index contributed by atoms with van der Waals surface area (Å²) >= 11 is 4.61. The Hall–Kier alpha value is -2.95. The number of nitrogens with one attached hydrogen (secondary N) is 1. The van der Waals surface area contributed by atoms with E-state index in [4.69, 9.17) is 9.72 Å². The Labute approximate surface area is 214 Å². The minimum atomic E-state index is -0.353. The van der Waals surface area contributed by atoms with Crippen LogP contribution in [0.4, 0.5) is 14.2 Å². The maximum atomic E-state index is 13.1. The number of thiazole rings is 1. The standard InChI is InChI=1S/C25H22FN3O3S3/c1-32-25(31)29-12-10-17-20(14-29)35-24(22(17)23-27-18-4-2-3-5-19(18)34-23)28-21(30)11-13-33-16-8-6-15(26)7-9-16/h2-9H,10-14H2,1H3,(H,28,30). The predicted octanol–water partition coefficient (Wildman–Crippen LogP) is 6.41. The molecule has 6 nitrogen and oxygen atoms in total. The summed E-state index contributed by atoms with van der Waals surface area (Å²) in [6, 6.07) is 14.2. The summed E-state index contributed by atoms with van der Waals surface area (Å²) < 4.78 is 19.1. The molecule has 0 fully saturated rings. The second kappa shape index (κ2) is 10.3. The lowest BCUT2D eigenvalue weighted by Crippen LogP contribution is -2.35. The molecule has 2 aromatic heterocycles. The zero-order valence-electron chi connectivity index (χ0n) is 18.9. The quantitative estimate of drug-likeness (QED) is 0.294. The number of carbonyl (C=O) groups excluding carboxylic acids is 2. The molecule has 35 heavy (non-hydrogen) atoms. The number of halogens is 1. The first kappa shape index (κ1) is 23.8. The second-order valence-corrected chi connectivity index (χ2v) is 11.2. The van der Waals surface area contributed by atoms with Gasteiger partial charge in [-0.3, -0.25) is 4.79 Å². The van der Waals surface area contributed by atoms with Crippen LogP contribution in [0.3, 0.4) is 0 Å². The number of nitrogens with zero attached hydrogens (tertiary/aromatic N) is 2. The van der Waals surface area contributed by atoms with Gasteiger partial charge in [0.25, 0.3) is 0 Å². The number of fused-ring (bicyclic) bond motifs is 2. The number of hydrogen-bond donors (Lipinski definition) is 1. The Bertz CT molecular complexity index is 1350. The van der Waals surface area contributed by atoms with E-state index >= 15 is 0 Å². The van der Waals surface area contributed by atoms with Crippen LogP contribution >= 0.6 is 34.4 Å². The summed E-state index contributed by atoms with van der Waals surface area (Å²) in [6.07, 6.45) is 0.634. The third-order valence-corrected chi connectivity index (χ3v) is 8.86. The van der Waals surface area contributed by atoms with Gasteiger partial charge in [0.05, 0.1) is 23.9 Å². The van der Waals surface area contributed by atoms with Crippen molar-refractivity contribution >= 4 is 61.7 Å². The number of rotatable bonds is 6. The van der Waals surface area contributed by atoms with E-state index in [1.165, 1.54) is 42.3 Å². The Morgan fingerprint density at radius 1 is 1.17 bits per heavy atom. The summed E-state index contributed by atoms with van der Waals surface area (Å²) in [5.41, 5.74) is 3.01. The SMILES string of the molecule is COC(=O)N1CCc2c(sc(NC(=O)CCSc3ccc(F)cc3)c2-c2nc3ccccc3s2)C1. The highest BCUT2D eigenvalue weighted by Crippen LogP contribution is 2.45. The van der Waals surface area contributed by atoms with Crippen molar-refractivity contribution in [3.63, 3.8) is 0 Å². The molecule has 0 unspecified atom stereocenters. The van der Waals surface area contributed by atoms with E-state index in [0.29, 0.717) is 31.7 Å². The maximum Gasteiger partial charge on any atom is 0.409 e. The molecular weight excluding hydrogens is 505 g/mol. The van der Waals surface area contributed by atoms with Crippen molar-refractivity contribution in [1.82, 2.24) is 9.88 Å². The van der Waals surface area contributed by atoms with Gasteiger partial charge in [0, 0.05) is 34.1 Å². The van der Waals surface area contributed by atoms with E-state index < -0.39 is 0 Å². The van der Waals surface area contributed by atoms with Gasteiger partial charge in [-0.2, -0.15) is 0 Å². The molecule has 1 aliphatic heterocycles. The van der Waals surface area contributed by atoms with Crippen LogP contribution in [0.5, 0.6) is 0 Å². The van der Waals surface area contributed by atoms with E-state index in [2.05, 4.69) is 5.32 Å². The summed E-state index contributed by atoms with van der Waals surface area (Å²) in [7, 11) is 1.38. The predicted molar refractivity (Wildman–Crippen MR) is 140 cm³/mol. The molecule has 0 saturated heterocycles. The number of hydrogen-bond acceptors (Lipinski definition) is 7. The van der Waals surface area contributed by atoms with Crippen LogP contribution in [0, 0.1) is 5.82 Å². The van der Waals surface area contributed by atoms with Gasteiger partial charge < -0.3 is 15.0 Å². The third-order valence-electron chi connectivity index (χ3n) is 5.66. The van der Waals surface area contributed by atoms with Crippen LogP contribution in [0.15, 0.2) is 53.4 Å². The first-order chi connectivity index (χ1) is 17.0. The number of carbonyl (C=O) groups is 2. The minimum Gasteiger partial charge on any atom is -0.453 e. The van der Waals surface area contributed by atoms with E-state index in [1.54, 1.807) is 28.4 Å². The number of methoxy groups -OCH3 is 1. The van der Waals surface area contributed by atoms with Crippen molar-refractivity contribution in [2.24, 2.45) is 0 Å². The molecule has 4 aromatic rings. The number of aromatic nitrogens is 1. The Morgan fingerprint density at radius 2 is 1.97 bits per heavy atom. The van der Waals surface area contributed by atoms with Crippen LogP contribution in [0.1, 0.15) is 16.9 Å². The summed E-state index contributed by atoms with van der Waals surface area (Å²) in [5, 5.41) is 4.73. The molecule has 0 bridgehead atoms. The van der Waals surface area contributed by atoms with Gasteiger partial charge in [0.15, 0.2) is 0 Å². The monoisotopic (exact) mass is 527 g/mol. The Morgan fingerprint density at radius 3 is 2.74 bits per heavy atom. The van der Waals surface area contributed by atoms with Gasteiger partial charge in [-0.25, -0.2) is 14.2 Å². The van der Waals surface area contributed by atoms with Crippen molar-refractivity contribution in [1.29, 1.82) is 0 Å². The molecular formula is C25H22FN3O3S3. The fourth-order valence-electron chi connectivity index (χ4n) is 3.96. The van der Waals surface area contributed by atoms with Crippen molar-refractivity contribution in [3.05, 3.63) is 64.8 Å². The van der Waals surface area contributed by atoms with Crippen molar-refractivity contribution in [2.45, 2.75) is 24.3 Å². The average Bonchev–Trinajstić information content (AvgIpc) is 3.44. The topological polar surface area (TPSA) is 71.5 Å². The van der Waals surface area contributed by atoms with Crippen molar-refractivity contribution in [2.75, 3.05) is 24.7 Å². The number of thioether (sulfide) groups is 1. The molecule has 0 aliphatic carbocycles. The summed E-state index contributed by atoms with van der Waals surface area (Å²) in [6.45, 7) is 0.997. The molecule has 1 N–H and O–H groups in total. The molecule has 0 radical (unpaired) electrons. The molecule has 3 heterocycles. The van der Waals surface area contributed by atoms with Crippen LogP contribution in [-0.4, -0.2) is 41.3 Å². The largest absolute Gasteiger partial charge is 0.453 e. The third kappa shape index (κ3) is 5.19. The van der Waals surface area contributed by atoms with Gasteiger partial charge in [0.2, 0.25) is 5.91 Å². The lowest BCUT2D eigenvalue weighted by molar-refractivity contribution is -0.115. The van der Waals surface area contributed by atoms with Crippen LogP contribution in [-0.2, 0) is 22.5 Å². The number of anilines is 1. The van der Waals surface area contributed by atoms with Crippen LogP contribution in [0.25, 0.3) is 20.8 Å². The van der Waals surface area contributed by atoms with Crippen LogP contribution < -0.4 is 5.32 Å². The van der Waals surface area contributed by atoms with Crippen molar-refractivity contribution in [3.8, 4) is 10.6 Å². The molecule has 0 saturated carbocycles. The fourth-order valence-corrected chi connectivity index (χ4v) is 7.21. The number of thiophene rings is 1. The number of ether oxygens (including phenoxy) is 1. The molecule has 0 atom stereocenters. The van der Waals surface area contributed by atoms with Gasteiger partial charge in [-0.05, 0) is 48.4 Å². The van der Waals surface area contributed by atoms with Crippen LogP contribution in [0.2, 0.25) is 0 Å². The Kier molecular flexibility index (Phi) is 7.03. The molecule has 10 heteroatoms. The number of para-hydroxylation sites is 1. The number of amides is 2. The van der Waals surface area contributed by atoms with Gasteiger partial charge in [-0.15, -0.1) is 34.4 Å². The van der Waals surface area contributed by atoms with E-state index in [-0.39, 0.29) is 17.8 Å². The minimum absolute atomic E-state index is 0.0922. The number of benzene rings is 2. The maximum absolute atomic E-state index is 13.1. The summed E-state index contributed by atoms with van der Waals surface area (Å²) in [5.74, 6) is 0.210. The van der Waals surface area contributed by atoms with Gasteiger partial charge >= 0.3 is 6.09 Å². The summed E-state index contributed by atoms with van der Waals surface area (Å²) in [4.78, 5) is 33.4. The molecule has 2 amide bonds. The lowest BCUT2D eigenvalue weighted by Gasteiger charge is -2.25. The smallest absolute Gasteiger partial charge is 0.409 e. The first-order valence-corrected chi connectivity index (χ1v) is 13.7. The zero-order chi connectivity index (χ0) is 24.4. The lowest BCUT2D eigenvalue weighted by atomic mass is 10.0. The highest BCUT2D eigenvalue weighted by atomic mass is 32.2. The average molecular weight is 528 g/mol. The normalized spacial score (nSPS) is 13.0. The van der Waals surface area contributed by atoms with E-state index in [1.807, 2.05) is 24.3 Å². The highest BCUT2D eigenvalue weighted by Gasteiger charge is 2.29. The van der Waals surface area contributed by atoms with Crippen molar-refractivity contribution < 1.29 is 18.7 Å². The first-order valence-electron chi connectivity index (χ1n) is 11.0. The molecule has 1 aliphatic rings. The molecule has 0 spiro atoms. The Balaban J connectivity index is 1.38. The molecule has 2 aromatic carbocycles. The molecule has 5 rings (SSSR count).